The van der Waals surface area contributed by atoms with Gasteiger partial charge >= 0.3 is 0 Å². The first-order valence-electron chi connectivity index (χ1n) is 6.82. The Bertz CT molecular complexity index is 666. The summed E-state index contributed by atoms with van der Waals surface area (Å²) in [6.07, 6.45) is 3.82. The van der Waals surface area contributed by atoms with Crippen LogP contribution >= 0.6 is 0 Å². The SMILES string of the molecule is CC(C)(C)[S@@](=O)c1ccccc1/C=C/c1ccc(F)cc1. The normalized spacial score (nSPS) is 13.5. The predicted octanol–water partition coefficient (Wildman–Crippen LogP) is 4.90. The average Bonchev–Trinajstić information content (AvgIpc) is 2.45. The molecule has 0 aliphatic carbocycles. The lowest BCUT2D eigenvalue weighted by Crippen LogP contribution is -2.22. The maximum absolute atomic E-state index is 12.9. The van der Waals surface area contributed by atoms with E-state index in [0.29, 0.717) is 0 Å². The molecule has 0 unspecified atom stereocenters. The third-order valence-electron chi connectivity index (χ3n) is 3.00. The molecule has 0 fully saturated rings. The summed E-state index contributed by atoms with van der Waals surface area (Å²) in [6.45, 7) is 5.89. The van der Waals surface area contributed by atoms with Crippen molar-refractivity contribution in [3.63, 3.8) is 0 Å². The smallest absolute Gasteiger partial charge is 0.123 e. The summed E-state index contributed by atoms with van der Waals surface area (Å²) in [6, 6.07) is 14.0. The van der Waals surface area contributed by atoms with Crippen molar-refractivity contribution < 1.29 is 8.60 Å². The van der Waals surface area contributed by atoms with Gasteiger partial charge in [-0.15, -0.1) is 0 Å². The van der Waals surface area contributed by atoms with Crippen molar-refractivity contribution in [2.24, 2.45) is 0 Å². The number of hydrogen-bond acceptors (Lipinski definition) is 1. The molecule has 3 heteroatoms. The topological polar surface area (TPSA) is 17.1 Å². The van der Waals surface area contributed by atoms with E-state index in [1.807, 2.05) is 57.2 Å². The van der Waals surface area contributed by atoms with Gasteiger partial charge < -0.3 is 0 Å². The van der Waals surface area contributed by atoms with Gasteiger partial charge in [0.1, 0.15) is 5.82 Å². The largest absolute Gasteiger partial charge is 0.254 e. The lowest BCUT2D eigenvalue weighted by atomic mass is 10.1. The highest BCUT2D eigenvalue weighted by Gasteiger charge is 2.22. The van der Waals surface area contributed by atoms with Crippen LogP contribution in [-0.2, 0) is 10.8 Å². The fraction of sp³-hybridized carbons (Fsp3) is 0.222. The van der Waals surface area contributed by atoms with Crippen LogP contribution in [0.15, 0.2) is 53.4 Å². The highest BCUT2D eigenvalue weighted by Crippen LogP contribution is 2.24. The quantitative estimate of drug-likeness (QED) is 0.737. The lowest BCUT2D eigenvalue weighted by molar-refractivity contribution is 0.628. The van der Waals surface area contributed by atoms with Crippen molar-refractivity contribution in [3.8, 4) is 0 Å². The second-order valence-corrected chi connectivity index (χ2v) is 8.01. The van der Waals surface area contributed by atoms with Crippen LogP contribution in [0.1, 0.15) is 31.9 Å². The zero-order valence-electron chi connectivity index (χ0n) is 12.5. The number of halogens is 1. The molecule has 0 saturated carbocycles. The van der Waals surface area contributed by atoms with Crippen LogP contribution in [0.2, 0.25) is 0 Å². The van der Waals surface area contributed by atoms with Crippen LogP contribution in [0, 0.1) is 5.82 Å². The van der Waals surface area contributed by atoms with Crippen molar-refractivity contribution in [2.75, 3.05) is 0 Å². The maximum atomic E-state index is 12.9. The Morgan fingerprint density at radius 3 is 2.19 bits per heavy atom. The first-order chi connectivity index (χ1) is 9.88. The van der Waals surface area contributed by atoms with E-state index in [4.69, 9.17) is 0 Å². The van der Waals surface area contributed by atoms with Gasteiger partial charge in [-0.2, -0.15) is 0 Å². The average molecular weight is 302 g/mol. The van der Waals surface area contributed by atoms with E-state index in [9.17, 15) is 8.60 Å². The predicted molar refractivity (Wildman–Crippen MR) is 87.9 cm³/mol. The molecule has 2 aromatic carbocycles. The summed E-state index contributed by atoms with van der Waals surface area (Å²) in [7, 11) is -1.09. The highest BCUT2D eigenvalue weighted by molar-refractivity contribution is 7.86. The molecule has 21 heavy (non-hydrogen) atoms. The van der Waals surface area contributed by atoms with Gasteiger partial charge in [0.15, 0.2) is 0 Å². The maximum Gasteiger partial charge on any atom is 0.123 e. The van der Waals surface area contributed by atoms with E-state index in [1.165, 1.54) is 12.1 Å². The summed E-state index contributed by atoms with van der Waals surface area (Å²) in [4.78, 5) is 0.823. The monoisotopic (exact) mass is 302 g/mol. The van der Waals surface area contributed by atoms with Crippen LogP contribution in [0.25, 0.3) is 12.2 Å². The van der Waals surface area contributed by atoms with Gasteiger partial charge in [0.2, 0.25) is 0 Å². The molecule has 0 amide bonds. The highest BCUT2D eigenvalue weighted by atomic mass is 32.2. The van der Waals surface area contributed by atoms with Crippen LogP contribution < -0.4 is 0 Å². The first-order valence-corrected chi connectivity index (χ1v) is 7.97. The number of hydrogen-bond donors (Lipinski definition) is 0. The van der Waals surface area contributed by atoms with E-state index < -0.39 is 10.8 Å². The van der Waals surface area contributed by atoms with Crippen molar-refractivity contribution in [1.82, 2.24) is 0 Å². The molecule has 2 aromatic rings. The van der Waals surface area contributed by atoms with E-state index >= 15 is 0 Å². The van der Waals surface area contributed by atoms with Gasteiger partial charge in [0.25, 0.3) is 0 Å². The van der Waals surface area contributed by atoms with Gasteiger partial charge in [-0.3, -0.25) is 4.21 Å². The number of benzene rings is 2. The second-order valence-electron chi connectivity index (χ2n) is 5.80. The van der Waals surface area contributed by atoms with Crippen LogP contribution in [0.5, 0.6) is 0 Å². The van der Waals surface area contributed by atoms with Crippen molar-refractivity contribution >= 4 is 23.0 Å². The Hall–Kier alpha value is -1.74. The van der Waals surface area contributed by atoms with Gasteiger partial charge in [0.05, 0.1) is 10.8 Å². The summed E-state index contributed by atoms with van der Waals surface area (Å²) in [5, 5.41) is 0. The summed E-state index contributed by atoms with van der Waals surface area (Å²) < 4.78 is 25.2. The molecule has 0 heterocycles. The Labute approximate surface area is 128 Å². The van der Waals surface area contributed by atoms with Gasteiger partial charge in [-0.25, -0.2) is 4.39 Å². The molecule has 2 rings (SSSR count). The second kappa shape index (κ2) is 6.35. The zero-order chi connectivity index (χ0) is 15.5. The minimum absolute atomic E-state index is 0.249. The molecule has 0 aliphatic heterocycles. The van der Waals surface area contributed by atoms with E-state index in [-0.39, 0.29) is 10.6 Å². The van der Waals surface area contributed by atoms with Crippen molar-refractivity contribution in [3.05, 3.63) is 65.5 Å². The fourth-order valence-electron chi connectivity index (χ4n) is 1.88. The Kier molecular flexibility index (Phi) is 4.73. The molecule has 0 aliphatic rings. The van der Waals surface area contributed by atoms with Crippen LogP contribution in [-0.4, -0.2) is 8.96 Å². The van der Waals surface area contributed by atoms with Crippen LogP contribution in [0.3, 0.4) is 0 Å². The van der Waals surface area contributed by atoms with Gasteiger partial charge in [0, 0.05) is 9.64 Å². The van der Waals surface area contributed by atoms with E-state index in [0.717, 1.165) is 16.0 Å². The van der Waals surface area contributed by atoms with Crippen LogP contribution in [0.4, 0.5) is 4.39 Å². The first kappa shape index (κ1) is 15.6. The molecule has 0 bridgehead atoms. The van der Waals surface area contributed by atoms with Gasteiger partial charge in [-0.05, 0) is 50.1 Å². The summed E-state index contributed by atoms with van der Waals surface area (Å²) in [5.74, 6) is -0.249. The van der Waals surface area contributed by atoms with E-state index in [2.05, 4.69) is 0 Å². The van der Waals surface area contributed by atoms with E-state index in [1.54, 1.807) is 12.1 Å². The Morgan fingerprint density at radius 1 is 0.952 bits per heavy atom. The minimum atomic E-state index is -1.09. The molecule has 1 nitrogen and oxygen atoms in total. The third-order valence-corrected chi connectivity index (χ3v) is 4.88. The summed E-state index contributed by atoms with van der Waals surface area (Å²) >= 11 is 0. The third kappa shape index (κ3) is 4.11. The molecule has 0 N–H and O–H groups in total. The Morgan fingerprint density at radius 2 is 1.57 bits per heavy atom. The molecule has 110 valence electrons. The molecule has 1 atom stereocenters. The Balaban J connectivity index is 2.33. The molecule has 0 radical (unpaired) electrons. The fourth-order valence-corrected chi connectivity index (χ4v) is 3.09. The molecule has 0 aromatic heterocycles. The van der Waals surface area contributed by atoms with Gasteiger partial charge in [-0.1, -0.05) is 42.5 Å². The molecular weight excluding hydrogens is 283 g/mol. The van der Waals surface area contributed by atoms with Crippen molar-refractivity contribution in [1.29, 1.82) is 0 Å². The minimum Gasteiger partial charge on any atom is -0.254 e. The number of rotatable bonds is 3. The zero-order valence-corrected chi connectivity index (χ0v) is 13.3. The lowest BCUT2D eigenvalue weighted by Gasteiger charge is -2.19. The molecule has 0 spiro atoms. The molecule has 0 saturated heterocycles. The van der Waals surface area contributed by atoms with Crippen molar-refractivity contribution in [2.45, 2.75) is 30.4 Å². The summed E-state index contributed by atoms with van der Waals surface area (Å²) in [5.41, 5.74) is 1.84. The molecular formula is C18H19FOS. The standard InChI is InChI=1S/C18H19FOS/c1-18(2,3)21(20)17-7-5-4-6-15(17)11-8-14-9-12-16(19)13-10-14/h4-13H,1-3H3/b11-8+/t21-/m0/s1.